The van der Waals surface area contributed by atoms with E-state index in [4.69, 9.17) is 19.5 Å². The molecule has 2 aromatic carbocycles. The minimum Gasteiger partial charge on any atom is -0.491 e. The quantitative estimate of drug-likeness (QED) is 0.403. The number of benzene rings is 2. The fraction of sp³-hybridized carbons (Fsp3) is 0.190. The van der Waals surface area contributed by atoms with E-state index in [2.05, 4.69) is 6.58 Å². The monoisotopic (exact) mass is 365 g/mol. The predicted octanol–water partition coefficient (Wildman–Crippen LogP) is 3.66. The van der Waals surface area contributed by atoms with Crippen LogP contribution in [0.4, 0.5) is 0 Å². The third kappa shape index (κ3) is 6.33. The number of hydrogen-bond donors (Lipinski definition) is 0. The molecule has 0 spiro atoms. The van der Waals surface area contributed by atoms with Crippen LogP contribution in [-0.4, -0.2) is 24.6 Å². The molecule has 0 saturated carbocycles. The van der Waals surface area contributed by atoms with Gasteiger partial charge in [0, 0.05) is 12.5 Å². The van der Waals surface area contributed by atoms with Gasteiger partial charge in [0.15, 0.2) is 0 Å². The molecular weight excluding hydrogens is 346 g/mol. The Kier molecular flexibility index (Phi) is 7.15. The zero-order chi connectivity index (χ0) is 19.6. The Morgan fingerprint density at radius 2 is 1.74 bits per heavy atom. The highest BCUT2D eigenvalue weighted by Gasteiger charge is 2.10. The van der Waals surface area contributed by atoms with Crippen molar-refractivity contribution in [3.8, 4) is 17.6 Å². The summed E-state index contributed by atoms with van der Waals surface area (Å²) in [6, 6.07) is 14.8. The Morgan fingerprint density at radius 3 is 2.33 bits per heavy atom. The number of nitrogens with zero attached hydrogens (tertiary/aromatic N) is 1. The highest BCUT2D eigenvalue weighted by atomic mass is 16.5. The molecule has 0 N–H and O–H groups in total. The molecule has 138 valence electrons. The van der Waals surface area contributed by atoms with Crippen molar-refractivity contribution in [2.45, 2.75) is 19.4 Å². The molecule has 6 heteroatoms. The van der Waals surface area contributed by atoms with E-state index in [1.165, 1.54) is 0 Å². The zero-order valence-electron chi connectivity index (χ0n) is 14.9. The maximum Gasteiger partial charge on any atom is 0.343 e. The number of carbonyl (C=O) groups excluding carboxylic acids is 2. The summed E-state index contributed by atoms with van der Waals surface area (Å²) in [5, 5.41) is 8.76. The van der Waals surface area contributed by atoms with Crippen LogP contribution in [0.25, 0.3) is 0 Å². The summed E-state index contributed by atoms with van der Waals surface area (Å²) in [6.07, 6.45) is 1.47. The molecule has 0 saturated heterocycles. The van der Waals surface area contributed by atoms with Crippen LogP contribution in [0.5, 0.6) is 11.5 Å². The molecule has 0 bridgehead atoms. The first-order valence-corrected chi connectivity index (χ1v) is 8.30. The Labute approximate surface area is 157 Å². The van der Waals surface area contributed by atoms with Crippen molar-refractivity contribution in [2.24, 2.45) is 0 Å². The molecule has 0 amide bonds. The van der Waals surface area contributed by atoms with Crippen LogP contribution in [0.2, 0.25) is 0 Å². The number of hydrogen-bond acceptors (Lipinski definition) is 6. The lowest BCUT2D eigenvalue weighted by atomic mass is 10.2. The largest absolute Gasteiger partial charge is 0.491 e. The maximum atomic E-state index is 12.2. The van der Waals surface area contributed by atoms with Crippen molar-refractivity contribution < 1.29 is 23.8 Å². The van der Waals surface area contributed by atoms with Crippen molar-refractivity contribution in [3.63, 3.8) is 0 Å². The summed E-state index contributed by atoms with van der Waals surface area (Å²) in [7, 11) is 0. The SMILES string of the molecule is C=CC(=O)OCCC(C)Oc1ccc(C(=O)Oc2ccc(C#N)cc2)cc1. The number of nitriles is 1. The van der Waals surface area contributed by atoms with E-state index >= 15 is 0 Å². The topological polar surface area (TPSA) is 85.6 Å². The van der Waals surface area contributed by atoms with Crippen molar-refractivity contribution in [3.05, 3.63) is 72.3 Å². The summed E-state index contributed by atoms with van der Waals surface area (Å²) in [4.78, 5) is 23.1. The molecular formula is C21H19NO5. The van der Waals surface area contributed by atoms with Gasteiger partial charge in [-0.2, -0.15) is 5.26 Å². The van der Waals surface area contributed by atoms with Crippen LogP contribution in [0.15, 0.2) is 61.2 Å². The van der Waals surface area contributed by atoms with Gasteiger partial charge in [-0.15, -0.1) is 0 Å². The molecule has 6 nitrogen and oxygen atoms in total. The fourth-order valence-electron chi connectivity index (χ4n) is 2.11. The average molecular weight is 365 g/mol. The molecule has 0 aliphatic carbocycles. The van der Waals surface area contributed by atoms with Gasteiger partial charge in [-0.05, 0) is 55.5 Å². The van der Waals surface area contributed by atoms with Gasteiger partial charge in [-0.3, -0.25) is 0 Å². The summed E-state index contributed by atoms with van der Waals surface area (Å²) < 4.78 is 15.9. The third-order valence-corrected chi connectivity index (χ3v) is 3.56. The molecule has 0 aromatic heterocycles. The molecule has 1 unspecified atom stereocenters. The van der Waals surface area contributed by atoms with Gasteiger partial charge in [0.25, 0.3) is 0 Å². The molecule has 2 aromatic rings. The summed E-state index contributed by atoms with van der Waals surface area (Å²) in [5.74, 6) is -0.0162. The van der Waals surface area contributed by atoms with Crippen LogP contribution in [-0.2, 0) is 9.53 Å². The second-order valence-electron chi connectivity index (χ2n) is 5.64. The molecule has 2 rings (SSSR count). The van der Waals surface area contributed by atoms with Crippen molar-refractivity contribution >= 4 is 11.9 Å². The lowest BCUT2D eigenvalue weighted by molar-refractivity contribution is -0.138. The van der Waals surface area contributed by atoms with Crippen LogP contribution in [0.1, 0.15) is 29.3 Å². The lowest BCUT2D eigenvalue weighted by Crippen LogP contribution is -2.16. The van der Waals surface area contributed by atoms with E-state index in [0.717, 1.165) is 6.08 Å². The van der Waals surface area contributed by atoms with Crippen molar-refractivity contribution in [1.82, 2.24) is 0 Å². The third-order valence-electron chi connectivity index (χ3n) is 3.56. The summed E-state index contributed by atoms with van der Waals surface area (Å²) >= 11 is 0. The van der Waals surface area contributed by atoms with Gasteiger partial charge in [0.05, 0.1) is 29.9 Å². The highest BCUT2D eigenvalue weighted by Crippen LogP contribution is 2.18. The maximum absolute atomic E-state index is 12.2. The first-order chi connectivity index (χ1) is 13.0. The van der Waals surface area contributed by atoms with E-state index in [9.17, 15) is 9.59 Å². The Morgan fingerprint density at radius 1 is 1.11 bits per heavy atom. The average Bonchev–Trinajstić information content (AvgIpc) is 2.68. The van der Waals surface area contributed by atoms with E-state index in [0.29, 0.717) is 29.0 Å². The minimum absolute atomic E-state index is 0.168. The zero-order valence-corrected chi connectivity index (χ0v) is 14.9. The van der Waals surface area contributed by atoms with Gasteiger partial charge in [0.2, 0.25) is 0 Å². The van der Waals surface area contributed by atoms with Gasteiger partial charge in [0.1, 0.15) is 11.5 Å². The summed E-state index contributed by atoms with van der Waals surface area (Å²) in [6.45, 7) is 5.42. The Balaban J connectivity index is 1.86. The normalized spacial score (nSPS) is 11.0. The Hall–Kier alpha value is -3.59. The van der Waals surface area contributed by atoms with Gasteiger partial charge in [-0.25, -0.2) is 9.59 Å². The first kappa shape index (κ1) is 19.7. The van der Waals surface area contributed by atoms with E-state index in [-0.39, 0.29) is 12.7 Å². The van der Waals surface area contributed by atoms with Gasteiger partial charge < -0.3 is 14.2 Å². The second kappa shape index (κ2) is 9.78. The van der Waals surface area contributed by atoms with Gasteiger partial charge >= 0.3 is 11.9 Å². The molecule has 0 heterocycles. The smallest absolute Gasteiger partial charge is 0.343 e. The van der Waals surface area contributed by atoms with Crippen LogP contribution >= 0.6 is 0 Å². The minimum atomic E-state index is -0.504. The van der Waals surface area contributed by atoms with Crippen molar-refractivity contribution in [1.29, 1.82) is 5.26 Å². The van der Waals surface area contributed by atoms with E-state index in [1.807, 2.05) is 13.0 Å². The number of rotatable bonds is 8. The predicted molar refractivity (Wildman–Crippen MR) is 98.4 cm³/mol. The standard InChI is InChI=1S/C21H19NO5/c1-3-20(23)25-13-12-15(2)26-18-10-6-17(7-11-18)21(24)27-19-8-4-16(14-22)5-9-19/h3-11,15H,1,12-13H2,2H3. The molecule has 1 atom stereocenters. The number of esters is 2. The van der Waals surface area contributed by atoms with Crippen molar-refractivity contribution in [2.75, 3.05) is 6.61 Å². The summed E-state index contributed by atoms with van der Waals surface area (Å²) in [5.41, 5.74) is 0.865. The second-order valence-corrected chi connectivity index (χ2v) is 5.64. The van der Waals surface area contributed by atoms with E-state index in [1.54, 1.807) is 48.5 Å². The van der Waals surface area contributed by atoms with Crippen LogP contribution in [0, 0.1) is 11.3 Å². The fourth-order valence-corrected chi connectivity index (χ4v) is 2.11. The highest BCUT2D eigenvalue weighted by molar-refractivity contribution is 5.91. The molecule has 0 fully saturated rings. The lowest BCUT2D eigenvalue weighted by Gasteiger charge is -2.14. The molecule has 27 heavy (non-hydrogen) atoms. The van der Waals surface area contributed by atoms with E-state index < -0.39 is 11.9 Å². The Bertz CT molecular complexity index is 834. The molecule has 0 aliphatic heterocycles. The van der Waals surface area contributed by atoms with Crippen LogP contribution < -0.4 is 9.47 Å². The van der Waals surface area contributed by atoms with Crippen LogP contribution in [0.3, 0.4) is 0 Å². The number of ether oxygens (including phenoxy) is 3. The molecule has 0 radical (unpaired) electrons. The first-order valence-electron chi connectivity index (χ1n) is 8.30. The molecule has 0 aliphatic rings. The van der Waals surface area contributed by atoms with Gasteiger partial charge in [-0.1, -0.05) is 6.58 Å². The number of carbonyl (C=O) groups is 2.